The van der Waals surface area contributed by atoms with Gasteiger partial charge in [0.1, 0.15) is 5.75 Å². The molecule has 1 aliphatic heterocycles. The first kappa shape index (κ1) is 22.6. The maximum Gasteiger partial charge on any atom is 0.281 e. The van der Waals surface area contributed by atoms with Gasteiger partial charge in [0, 0.05) is 33.7 Å². The minimum atomic E-state index is -3.47. The summed E-state index contributed by atoms with van der Waals surface area (Å²) in [5.74, 6) is 0.516. The molecule has 1 heterocycles. The number of rotatable bonds is 9. The van der Waals surface area contributed by atoms with Crippen molar-refractivity contribution in [2.45, 2.75) is 45.6 Å². The number of aryl methyl sites for hydroxylation is 1. The molecular weight excluding hydrogens is 378 g/mol. The molecule has 1 fully saturated rings. The molecule has 0 aliphatic carbocycles. The van der Waals surface area contributed by atoms with E-state index in [1.54, 1.807) is 0 Å². The van der Waals surface area contributed by atoms with Crippen LogP contribution in [-0.4, -0.2) is 62.8 Å². The number of carbonyl (C=O) groups excluding carboxylic acids is 1. The molecule has 0 radical (unpaired) electrons. The minimum absolute atomic E-state index is 0.0597. The van der Waals surface area contributed by atoms with Crippen molar-refractivity contribution in [3.05, 3.63) is 29.8 Å². The van der Waals surface area contributed by atoms with E-state index in [1.165, 1.54) is 28.3 Å². The second kappa shape index (κ2) is 10.2. The first-order valence-corrected chi connectivity index (χ1v) is 11.3. The lowest BCUT2D eigenvalue weighted by molar-refractivity contribution is -0.126. The molecule has 1 aromatic carbocycles. The van der Waals surface area contributed by atoms with Crippen molar-refractivity contribution >= 4 is 16.1 Å². The molecule has 8 heteroatoms. The van der Waals surface area contributed by atoms with E-state index in [1.807, 2.05) is 32.0 Å². The van der Waals surface area contributed by atoms with Gasteiger partial charge >= 0.3 is 0 Å². The number of hydrogen-bond donors (Lipinski definition) is 1. The van der Waals surface area contributed by atoms with Gasteiger partial charge in [0.25, 0.3) is 10.2 Å². The van der Waals surface area contributed by atoms with E-state index in [2.05, 4.69) is 11.4 Å². The lowest BCUT2D eigenvalue weighted by Crippen LogP contribution is -2.48. The molecule has 1 atom stereocenters. The summed E-state index contributed by atoms with van der Waals surface area (Å²) in [7, 11) is -0.437. The predicted octanol–water partition coefficient (Wildman–Crippen LogP) is 2.04. The Labute approximate surface area is 169 Å². The SMILES string of the molecule is CC(C)Oc1cccc(CCCNC(=O)[C@@H]2CCCN(S(=O)(=O)N(C)C)C2)c1. The zero-order valence-electron chi connectivity index (χ0n) is 17.3. The van der Waals surface area contributed by atoms with Crippen LogP contribution in [0.1, 0.15) is 38.7 Å². The number of carbonyl (C=O) groups is 1. The van der Waals surface area contributed by atoms with Crippen molar-refractivity contribution < 1.29 is 17.9 Å². The fourth-order valence-corrected chi connectivity index (χ4v) is 4.48. The summed E-state index contributed by atoms with van der Waals surface area (Å²) in [6.07, 6.45) is 3.24. The van der Waals surface area contributed by atoms with Crippen molar-refractivity contribution in [3.63, 3.8) is 0 Å². The van der Waals surface area contributed by atoms with Crippen molar-refractivity contribution in [3.8, 4) is 5.75 Å². The number of nitrogens with zero attached hydrogens (tertiary/aromatic N) is 2. The maximum atomic E-state index is 12.5. The van der Waals surface area contributed by atoms with Gasteiger partial charge in [0.2, 0.25) is 5.91 Å². The van der Waals surface area contributed by atoms with E-state index in [9.17, 15) is 13.2 Å². The highest BCUT2D eigenvalue weighted by Crippen LogP contribution is 2.20. The molecule has 1 aromatic rings. The highest BCUT2D eigenvalue weighted by atomic mass is 32.2. The zero-order chi connectivity index (χ0) is 20.7. The summed E-state index contributed by atoms with van der Waals surface area (Å²) in [5.41, 5.74) is 1.17. The van der Waals surface area contributed by atoms with Crippen molar-refractivity contribution in [1.29, 1.82) is 0 Å². The molecule has 0 unspecified atom stereocenters. The molecule has 1 saturated heterocycles. The number of benzene rings is 1. The molecule has 1 N–H and O–H groups in total. The van der Waals surface area contributed by atoms with Crippen LogP contribution in [0.4, 0.5) is 0 Å². The van der Waals surface area contributed by atoms with Crippen LogP contribution in [0.15, 0.2) is 24.3 Å². The minimum Gasteiger partial charge on any atom is -0.491 e. The normalized spacial score (nSPS) is 18.4. The summed E-state index contributed by atoms with van der Waals surface area (Å²) in [5, 5.41) is 2.97. The van der Waals surface area contributed by atoms with Crippen LogP contribution in [0.25, 0.3) is 0 Å². The summed E-state index contributed by atoms with van der Waals surface area (Å²) < 4.78 is 32.9. The van der Waals surface area contributed by atoms with Gasteiger partial charge < -0.3 is 10.1 Å². The van der Waals surface area contributed by atoms with Crippen molar-refractivity contribution in [2.24, 2.45) is 5.92 Å². The Balaban J connectivity index is 1.78. The van der Waals surface area contributed by atoms with Gasteiger partial charge in [-0.1, -0.05) is 12.1 Å². The topological polar surface area (TPSA) is 79.0 Å². The van der Waals surface area contributed by atoms with E-state index in [0.29, 0.717) is 19.5 Å². The molecule has 0 aromatic heterocycles. The lowest BCUT2D eigenvalue weighted by Gasteiger charge is -2.32. The van der Waals surface area contributed by atoms with E-state index in [-0.39, 0.29) is 24.5 Å². The predicted molar refractivity (Wildman–Crippen MR) is 110 cm³/mol. The number of nitrogens with one attached hydrogen (secondary N) is 1. The first-order chi connectivity index (χ1) is 13.2. The molecule has 1 aliphatic rings. The van der Waals surface area contributed by atoms with Crippen LogP contribution in [-0.2, 0) is 21.4 Å². The second-order valence-corrected chi connectivity index (χ2v) is 9.84. The van der Waals surface area contributed by atoms with Crippen LogP contribution in [0.2, 0.25) is 0 Å². The molecule has 0 spiro atoms. The highest BCUT2D eigenvalue weighted by Gasteiger charge is 2.33. The Bertz CT molecular complexity index is 750. The van der Waals surface area contributed by atoms with Gasteiger partial charge in [-0.25, -0.2) is 0 Å². The summed E-state index contributed by atoms with van der Waals surface area (Å²) in [6.45, 7) is 5.29. The first-order valence-electron chi connectivity index (χ1n) is 9.91. The smallest absolute Gasteiger partial charge is 0.281 e. The van der Waals surface area contributed by atoms with E-state index >= 15 is 0 Å². The lowest BCUT2D eigenvalue weighted by atomic mass is 9.99. The average molecular weight is 412 g/mol. The molecule has 7 nitrogen and oxygen atoms in total. The molecule has 1 amide bonds. The highest BCUT2D eigenvalue weighted by molar-refractivity contribution is 7.86. The third kappa shape index (κ3) is 6.46. The van der Waals surface area contributed by atoms with Gasteiger partial charge in [-0.05, 0) is 57.2 Å². The summed E-state index contributed by atoms with van der Waals surface area (Å²) in [4.78, 5) is 12.5. The van der Waals surface area contributed by atoms with Crippen LogP contribution in [0.5, 0.6) is 5.75 Å². The second-order valence-electron chi connectivity index (χ2n) is 7.70. The van der Waals surface area contributed by atoms with Crippen LogP contribution in [0, 0.1) is 5.92 Å². The van der Waals surface area contributed by atoms with E-state index < -0.39 is 10.2 Å². The van der Waals surface area contributed by atoms with Crippen molar-refractivity contribution in [2.75, 3.05) is 33.7 Å². The third-order valence-corrected chi connectivity index (χ3v) is 6.66. The Hall–Kier alpha value is -1.64. The number of hydrogen-bond acceptors (Lipinski definition) is 4. The van der Waals surface area contributed by atoms with Gasteiger partial charge in [0.05, 0.1) is 12.0 Å². The quantitative estimate of drug-likeness (QED) is 0.631. The van der Waals surface area contributed by atoms with Gasteiger partial charge in [-0.3, -0.25) is 4.79 Å². The molecule has 2 rings (SSSR count). The standard InChI is InChI=1S/C20H33N3O4S/c1-16(2)27-19-11-5-8-17(14-19)9-6-12-21-20(24)18-10-7-13-23(15-18)28(25,26)22(3)4/h5,8,11,14,16,18H,6-7,9-10,12-13,15H2,1-4H3,(H,21,24)/t18-/m1/s1. The summed E-state index contributed by atoms with van der Waals surface area (Å²) in [6, 6.07) is 8.02. The Kier molecular flexibility index (Phi) is 8.27. The summed E-state index contributed by atoms with van der Waals surface area (Å²) >= 11 is 0. The number of piperidine rings is 1. The van der Waals surface area contributed by atoms with Gasteiger partial charge in [-0.2, -0.15) is 17.0 Å². The number of amides is 1. The van der Waals surface area contributed by atoms with E-state index in [4.69, 9.17) is 4.74 Å². The molecule has 28 heavy (non-hydrogen) atoms. The largest absolute Gasteiger partial charge is 0.491 e. The van der Waals surface area contributed by atoms with E-state index in [0.717, 1.165) is 25.0 Å². The third-order valence-electron chi connectivity index (χ3n) is 4.75. The fraction of sp³-hybridized carbons (Fsp3) is 0.650. The Morgan fingerprint density at radius 1 is 1.36 bits per heavy atom. The zero-order valence-corrected chi connectivity index (χ0v) is 18.2. The van der Waals surface area contributed by atoms with Crippen LogP contribution >= 0.6 is 0 Å². The van der Waals surface area contributed by atoms with Gasteiger partial charge in [0.15, 0.2) is 0 Å². The monoisotopic (exact) mass is 411 g/mol. The van der Waals surface area contributed by atoms with Crippen LogP contribution in [0.3, 0.4) is 0 Å². The average Bonchev–Trinajstić information content (AvgIpc) is 2.65. The molecule has 158 valence electrons. The molecule has 0 saturated carbocycles. The van der Waals surface area contributed by atoms with Gasteiger partial charge in [-0.15, -0.1) is 0 Å². The Morgan fingerprint density at radius 2 is 2.11 bits per heavy atom. The number of ether oxygens (including phenoxy) is 1. The van der Waals surface area contributed by atoms with Crippen molar-refractivity contribution in [1.82, 2.24) is 13.9 Å². The van der Waals surface area contributed by atoms with Crippen LogP contribution < -0.4 is 10.1 Å². The maximum absolute atomic E-state index is 12.5. The molecule has 0 bridgehead atoms. The molecular formula is C20H33N3O4S. The Morgan fingerprint density at radius 3 is 2.79 bits per heavy atom. The fourth-order valence-electron chi connectivity index (χ4n) is 3.29.